The molecular formula is C28H27N3O5S3. The molecule has 1 aromatic carbocycles. The summed E-state index contributed by atoms with van der Waals surface area (Å²) in [7, 11) is 1.59. The summed E-state index contributed by atoms with van der Waals surface area (Å²) in [6, 6.07) is 9.10. The van der Waals surface area contributed by atoms with Crippen LogP contribution in [0.1, 0.15) is 33.5 Å². The molecule has 4 aromatic rings. The van der Waals surface area contributed by atoms with Gasteiger partial charge in [-0.2, -0.15) is 0 Å². The number of amides is 1. The number of carbonyl (C=O) groups is 2. The van der Waals surface area contributed by atoms with Gasteiger partial charge in [-0.1, -0.05) is 30.0 Å². The third-order valence-electron chi connectivity index (χ3n) is 6.29. The SMILES string of the molecule is C=CCn1c(SCC(=O)Nc2cc(-c3ccc(OC)cc3)c(C(=O)OCC)s2)nc2sc3c(c2c1=O)CCC3. The molecule has 202 valence electrons. The highest BCUT2D eigenvalue weighted by molar-refractivity contribution is 7.99. The number of thioether (sulfide) groups is 1. The smallest absolute Gasteiger partial charge is 0.349 e. The first-order chi connectivity index (χ1) is 18.9. The van der Waals surface area contributed by atoms with Crippen LogP contribution in [0.15, 0.2) is 52.9 Å². The zero-order valence-corrected chi connectivity index (χ0v) is 24.0. The van der Waals surface area contributed by atoms with Crippen LogP contribution in [-0.2, 0) is 28.9 Å². The summed E-state index contributed by atoms with van der Waals surface area (Å²) in [5.74, 6) is 0.0271. The summed E-state index contributed by atoms with van der Waals surface area (Å²) >= 11 is 3.94. The maximum atomic E-state index is 13.3. The van der Waals surface area contributed by atoms with E-state index in [1.165, 1.54) is 16.6 Å². The predicted octanol–water partition coefficient (Wildman–Crippen LogP) is 5.78. The summed E-state index contributed by atoms with van der Waals surface area (Å²) in [6.07, 6.45) is 4.61. The first-order valence-corrected chi connectivity index (χ1v) is 15.1. The Labute approximate surface area is 237 Å². The molecule has 0 atom stereocenters. The molecule has 1 aliphatic rings. The number of thiophene rings is 2. The fourth-order valence-corrected chi connectivity index (χ4v) is 7.65. The molecule has 0 fully saturated rings. The number of benzene rings is 1. The number of nitrogens with one attached hydrogen (secondary N) is 1. The van der Waals surface area contributed by atoms with Crippen LogP contribution in [0.4, 0.5) is 5.00 Å². The number of esters is 1. The third-order valence-corrected chi connectivity index (χ3v) is 9.48. The van der Waals surface area contributed by atoms with Crippen molar-refractivity contribution in [2.45, 2.75) is 37.9 Å². The van der Waals surface area contributed by atoms with Crippen molar-refractivity contribution in [1.29, 1.82) is 0 Å². The van der Waals surface area contributed by atoms with E-state index < -0.39 is 5.97 Å². The molecule has 0 bridgehead atoms. The van der Waals surface area contributed by atoms with Gasteiger partial charge in [0.2, 0.25) is 5.91 Å². The number of hydrogen-bond acceptors (Lipinski definition) is 9. The van der Waals surface area contributed by atoms with E-state index in [1.54, 1.807) is 42.1 Å². The monoisotopic (exact) mass is 581 g/mol. The zero-order chi connectivity index (χ0) is 27.5. The van der Waals surface area contributed by atoms with Crippen molar-refractivity contribution in [1.82, 2.24) is 9.55 Å². The lowest BCUT2D eigenvalue weighted by atomic mass is 10.1. The van der Waals surface area contributed by atoms with Crippen LogP contribution in [-0.4, -0.2) is 40.9 Å². The molecule has 1 N–H and O–H groups in total. The number of rotatable bonds is 10. The average Bonchev–Trinajstić information content (AvgIpc) is 3.64. The Balaban J connectivity index is 1.37. The van der Waals surface area contributed by atoms with Gasteiger partial charge in [0.15, 0.2) is 5.16 Å². The molecular weight excluding hydrogens is 555 g/mol. The van der Waals surface area contributed by atoms with E-state index in [1.807, 2.05) is 24.3 Å². The van der Waals surface area contributed by atoms with E-state index in [-0.39, 0.29) is 23.8 Å². The highest BCUT2D eigenvalue weighted by atomic mass is 32.2. The van der Waals surface area contributed by atoms with Gasteiger partial charge in [-0.15, -0.1) is 29.3 Å². The van der Waals surface area contributed by atoms with Crippen molar-refractivity contribution >= 4 is 61.5 Å². The minimum Gasteiger partial charge on any atom is -0.497 e. The first-order valence-electron chi connectivity index (χ1n) is 12.5. The Hall–Kier alpha value is -3.41. The van der Waals surface area contributed by atoms with Crippen molar-refractivity contribution < 1.29 is 19.1 Å². The number of nitrogens with zero attached hydrogens (tertiary/aromatic N) is 2. The number of carbonyl (C=O) groups excluding carboxylic acids is 2. The number of hydrogen-bond donors (Lipinski definition) is 1. The molecule has 1 aliphatic carbocycles. The fourth-order valence-electron chi connectivity index (χ4n) is 4.55. The van der Waals surface area contributed by atoms with E-state index in [2.05, 4.69) is 11.9 Å². The minimum atomic E-state index is -0.447. The van der Waals surface area contributed by atoms with Crippen LogP contribution in [0.5, 0.6) is 5.75 Å². The van der Waals surface area contributed by atoms with Crippen LogP contribution in [0.2, 0.25) is 0 Å². The Morgan fingerprint density at radius 1 is 1.23 bits per heavy atom. The molecule has 0 aliphatic heterocycles. The zero-order valence-electron chi connectivity index (χ0n) is 21.6. The van der Waals surface area contributed by atoms with Crippen LogP contribution in [0, 0.1) is 0 Å². The molecule has 39 heavy (non-hydrogen) atoms. The van der Waals surface area contributed by atoms with Crippen molar-refractivity contribution in [2.24, 2.45) is 0 Å². The first kappa shape index (κ1) is 27.2. The lowest BCUT2D eigenvalue weighted by molar-refractivity contribution is -0.113. The molecule has 0 radical (unpaired) electrons. The molecule has 1 amide bonds. The number of aromatic nitrogens is 2. The lowest BCUT2D eigenvalue weighted by Gasteiger charge is -2.10. The fraction of sp³-hybridized carbons (Fsp3) is 0.286. The summed E-state index contributed by atoms with van der Waals surface area (Å²) < 4.78 is 12.1. The van der Waals surface area contributed by atoms with Crippen LogP contribution in [0.25, 0.3) is 21.3 Å². The molecule has 5 rings (SSSR count). The van der Waals surface area contributed by atoms with Gasteiger partial charge < -0.3 is 14.8 Å². The second-order valence-electron chi connectivity index (χ2n) is 8.78. The summed E-state index contributed by atoms with van der Waals surface area (Å²) in [4.78, 5) is 46.1. The Kier molecular flexibility index (Phi) is 8.20. The average molecular weight is 582 g/mol. The Morgan fingerprint density at radius 2 is 2.03 bits per heavy atom. The molecule has 0 saturated carbocycles. The largest absolute Gasteiger partial charge is 0.497 e. The molecule has 3 aromatic heterocycles. The van der Waals surface area contributed by atoms with Gasteiger partial charge in [0.1, 0.15) is 15.5 Å². The predicted molar refractivity (Wildman–Crippen MR) is 158 cm³/mol. The van der Waals surface area contributed by atoms with Crippen LogP contribution in [0.3, 0.4) is 0 Å². The quantitative estimate of drug-likeness (QED) is 0.110. The number of allylic oxidation sites excluding steroid dienone is 1. The highest BCUT2D eigenvalue weighted by Gasteiger charge is 2.24. The number of ether oxygens (including phenoxy) is 2. The van der Waals surface area contributed by atoms with Crippen molar-refractivity contribution in [2.75, 3.05) is 24.8 Å². The standard InChI is InChI=1S/C28H27N3O5S3/c1-4-13-31-26(33)23-18-7-6-8-20(18)38-25(23)30-28(31)37-15-21(32)29-22-14-19(24(39-22)27(34)36-5-2)16-9-11-17(35-3)12-10-16/h4,9-12,14H,1,5-8,13,15H2,2-3H3,(H,29,32). The van der Waals surface area contributed by atoms with Crippen molar-refractivity contribution in [3.05, 3.63) is 68.7 Å². The van der Waals surface area contributed by atoms with Crippen LogP contribution >= 0.6 is 34.4 Å². The van der Waals surface area contributed by atoms with Gasteiger partial charge in [0.05, 0.1) is 29.9 Å². The number of aryl methyl sites for hydroxylation is 2. The van der Waals surface area contributed by atoms with Crippen molar-refractivity contribution in [3.8, 4) is 16.9 Å². The lowest BCUT2D eigenvalue weighted by Crippen LogP contribution is -2.23. The van der Waals surface area contributed by atoms with E-state index in [9.17, 15) is 14.4 Å². The molecule has 0 saturated heterocycles. The summed E-state index contributed by atoms with van der Waals surface area (Å²) in [5.41, 5.74) is 2.52. The number of anilines is 1. The molecule has 0 spiro atoms. The molecule has 3 heterocycles. The third kappa shape index (κ3) is 5.52. The van der Waals surface area contributed by atoms with Crippen LogP contribution < -0.4 is 15.6 Å². The van der Waals surface area contributed by atoms with Crippen molar-refractivity contribution in [3.63, 3.8) is 0 Å². The van der Waals surface area contributed by atoms with Gasteiger partial charge in [-0.25, -0.2) is 9.78 Å². The van der Waals surface area contributed by atoms with Gasteiger partial charge in [0.25, 0.3) is 5.56 Å². The molecule has 11 heteroatoms. The highest BCUT2D eigenvalue weighted by Crippen LogP contribution is 2.37. The van der Waals surface area contributed by atoms with Gasteiger partial charge >= 0.3 is 5.97 Å². The summed E-state index contributed by atoms with van der Waals surface area (Å²) in [6.45, 7) is 6.09. The summed E-state index contributed by atoms with van der Waals surface area (Å²) in [5, 5.41) is 4.61. The minimum absolute atomic E-state index is 0.0463. The second kappa shape index (κ2) is 11.8. The van der Waals surface area contributed by atoms with E-state index in [0.29, 0.717) is 38.3 Å². The topological polar surface area (TPSA) is 99.5 Å². The molecule has 0 unspecified atom stereocenters. The van der Waals surface area contributed by atoms with Gasteiger partial charge in [0, 0.05) is 17.0 Å². The number of methoxy groups -OCH3 is 1. The normalized spacial score (nSPS) is 12.4. The maximum absolute atomic E-state index is 13.3. The van der Waals surface area contributed by atoms with Gasteiger partial charge in [-0.3, -0.25) is 14.2 Å². The second-order valence-corrected chi connectivity index (χ2v) is 11.9. The Bertz CT molecular complexity index is 1620. The van der Waals surface area contributed by atoms with Gasteiger partial charge in [-0.05, 0) is 55.5 Å². The van der Waals surface area contributed by atoms with E-state index in [0.717, 1.165) is 46.6 Å². The van der Waals surface area contributed by atoms with E-state index in [4.69, 9.17) is 14.5 Å². The van der Waals surface area contributed by atoms with E-state index >= 15 is 0 Å². The maximum Gasteiger partial charge on any atom is 0.349 e. The molecule has 8 nitrogen and oxygen atoms in total. The number of fused-ring (bicyclic) bond motifs is 3. The Morgan fingerprint density at radius 3 is 2.74 bits per heavy atom.